The third kappa shape index (κ3) is 3.86. The van der Waals surface area contributed by atoms with Crippen molar-refractivity contribution >= 4 is 28.8 Å². The Hall–Kier alpha value is -3.40. The first-order chi connectivity index (χ1) is 14.8. The summed E-state index contributed by atoms with van der Waals surface area (Å²) in [5.74, 6) is 0.562. The average Bonchev–Trinajstić information content (AvgIpc) is 3.47. The van der Waals surface area contributed by atoms with Crippen molar-refractivity contribution < 1.29 is 9.53 Å². The van der Waals surface area contributed by atoms with Crippen LogP contribution in [0.3, 0.4) is 0 Å². The molecule has 1 aliphatic rings. The molecule has 5 rings (SSSR count). The van der Waals surface area contributed by atoms with Crippen LogP contribution in [0.2, 0.25) is 0 Å². The predicted molar refractivity (Wildman–Crippen MR) is 111 cm³/mol. The molecule has 152 valence electrons. The fourth-order valence-electron chi connectivity index (χ4n) is 3.50. The minimum Gasteiger partial charge on any atom is -0.460 e. The second-order valence-corrected chi connectivity index (χ2v) is 8.20. The molecule has 0 unspecified atom stereocenters. The van der Waals surface area contributed by atoms with Gasteiger partial charge in [0.05, 0.1) is 10.8 Å². The van der Waals surface area contributed by atoms with Crippen LogP contribution in [0.5, 0.6) is 0 Å². The summed E-state index contributed by atoms with van der Waals surface area (Å²) < 4.78 is 6.98. The van der Waals surface area contributed by atoms with Crippen LogP contribution in [0.4, 0.5) is 5.82 Å². The molecule has 3 aromatic heterocycles. The molecule has 1 aromatic carbocycles. The highest BCUT2D eigenvalue weighted by Crippen LogP contribution is 2.27. The number of benzene rings is 1. The number of ether oxygens (including phenoxy) is 1. The molecular formula is C20H19N7O2S. The van der Waals surface area contributed by atoms with Crippen molar-refractivity contribution in [3.8, 4) is 10.6 Å². The number of thiazole rings is 1. The molecule has 10 heteroatoms. The molecule has 0 saturated carbocycles. The number of aromatic nitrogens is 6. The second-order valence-electron chi connectivity index (χ2n) is 7.08. The van der Waals surface area contributed by atoms with Crippen LogP contribution in [0.25, 0.3) is 16.2 Å². The summed E-state index contributed by atoms with van der Waals surface area (Å²) in [6.45, 7) is 1.74. The topological polar surface area (TPSA) is 98.4 Å². The number of piperidine rings is 1. The highest BCUT2D eigenvalue weighted by Gasteiger charge is 2.27. The molecule has 0 atom stereocenters. The highest BCUT2D eigenvalue weighted by molar-refractivity contribution is 7.15. The molecule has 9 nitrogen and oxygen atoms in total. The first kappa shape index (κ1) is 18.6. The molecule has 0 bridgehead atoms. The van der Waals surface area contributed by atoms with Crippen molar-refractivity contribution in [2.75, 3.05) is 18.0 Å². The molecule has 0 aliphatic carbocycles. The van der Waals surface area contributed by atoms with E-state index in [1.165, 1.54) is 4.63 Å². The number of hydrogen-bond donors (Lipinski definition) is 0. The van der Waals surface area contributed by atoms with Gasteiger partial charge in [-0.25, -0.2) is 4.98 Å². The van der Waals surface area contributed by atoms with E-state index in [1.54, 1.807) is 17.5 Å². The lowest BCUT2D eigenvalue weighted by Crippen LogP contribution is -2.37. The molecule has 0 radical (unpaired) electrons. The summed E-state index contributed by atoms with van der Waals surface area (Å²) >= 11 is 1.55. The minimum absolute atomic E-state index is 0.0977. The van der Waals surface area contributed by atoms with Crippen molar-refractivity contribution in [1.82, 2.24) is 30.2 Å². The fourth-order valence-corrected chi connectivity index (χ4v) is 4.33. The summed E-state index contributed by atoms with van der Waals surface area (Å²) in [6, 6.07) is 13.7. The van der Waals surface area contributed by atoms with Gasteiger partial charge < -0.3 is 9.64 Å². The summed E-state index contributed by atoms with van der Waals surface area (Å²) in [7, 11) is 0. The van der Waals surface area contributed by atoms with Gasteiger partial charge in [-0.15, -0.1) is 26.2 Å². The third-order valence-corrected chi connectivity index (χ3v) is 6.16. The molecule has 1 saturated heterocycles. The molecule has 0 spiro atoms. The smallest absolute Gasteiger partial charge is 0.309 e. The van der Waals surface area contributed by atoms with Gasteiger partial charge >= 0.3 is 5.97 Å². The van der Waals surface area contributed by atoms with Crippen LogP contribution in [0, 0.1) is 5.92 Å². The van der Waals surface area contributed by atoms with Crippen LogP contribution in [-0.2, 0) is 16.1 Å². The van der Waals surface area contributed by atoms with E-state index < -0.39 is 0 Å². The second kappa shape index (κ2) is 8.15. The van der Waals surface area contributed by atoms with Crippen LogP contribution in [0.1, 0.15) is 17.7 Å². The normalized spacial score (nSPS) is 14.9. The monoisotopic (exact) mass is 421 g/mol. The van der Waals surface area contributed by atoms with Gasteiger partial charge in [-0.05, 0) is 35.4 Å². The molecule has 0 N–H and O–H groups in total. The number of tetrazole rings is 1. The van der Waals surface area contributed by atoms with Crippen molar-refractivity contribution in [3.63, 3.8) is 0 Å². The number of hydrogen-bond acceptors (Lipinski definition) is 9. The van der Waals surface area contributed by atoms with E-state index in [9.17, 15) is 4.79 Å². The molecule has 0 amide bonds. The van der Waals surface area contributed by atoms with Gasteiger partial charge in [0.1, 0.15) is 11.6 Å². The van der Waals surface area contributed by atoms with Crippen LogP contribution in [-0.4, -0.2) is 49.3 Å². The average molecular weight is 421 g/mol. The summed E-state index contributed by atoms with van der Waals surface area (Å²) in [4.78, 5) is 20.0. The molecular weight excluding hydrogens is 402 g/mol. The molecule has 1 aliphatic heterocycles. The zero-order chi connectivity index (χ0) is 20.3. The summed E-state index contributed by atoms with van der Waals surface area (Å²) in [6.07, 6.45) is 3.24. The number of rotatable bonds is 5. The standard InChI is InChI=1S/C20H19N7O2S/c28-20(29-13-16-12-21-19(30-16)14-4-2-1-3-5-14)15-8-10-26(11-9-15)18-7-6-17-22-24-25-27(17)23-18/h1-7,12,15H,8-11,13H2. The van der Waals surface area contributed by atoms with Gasteiger partial charge in [0.25, 0.3) is 0 Å². The largest absolute Gasteiger partial charge is 0.460 e. The van der Waals surface area contributed by atoms with E-state index in [0.717, 1.165) is 47.2 Å². The number of carbonyl (C=O) groups excluding carboxylic acids is 1. The number of nitrogens with zero attached hydrogens (tertiary/aromatic N) is 7. The predicted octanol–water partition coefficient (Wildman–Crippen LogP) is 2.60. The lowest BCUT2D eigenvalue weighted by molar-refractivity contribution is -0.150. The first-order valence-corrected chi connectivity index (χ1v) is 10.5. The Kier molecular flexibility index (Phi) is 5.06. The van der Waals surface area contributed by atoms with E-state index >= 15 is 0 Å². The van der Waals surface area contributed by atoms with Crippen molar-refractivity contribution in [3.05, 3.63) is 53.5 Å². The van der Waals surface area contributed by atoms with Crippen LogP contribution >= 0.6 is 11.3 Å². The van der Waals surface area contributed by atoms with Gasteiger partial charge in [-0.3, -0.25) is 4.79 Å². The zero-order valence-corrected chi connectivity index (χ0v) is 16.9. The van der Waals surface area contributed by atoms with Gasteiger partial charge in [0.2, 0.25) is 0 Å². The Balaban J connectivity index is 1.14. The quantitative estimate of drug-likeness (QED) is 0.454. The van der Waals surface area contributed by atoms with E-state index in [4.69, 9.17) is 4.74 Å². The Morgan fingerprint density at radius 2 is 1.97 bits per heavy atom. The van der Waals surface area contributed by atoms with Gasteiger partial charge in [0.15, 0.2) is 11.5 Å². The van der Waals surface area contributed by atoms with E-state index in [1.807, 2.05) is 42.5 Å². The van der Waals surface area contributed by atoms with Gasteiger partial charge in [-0.1, -0.05) is 30.3 Å². The van der Waals surface area contributed by atoms with Crippen molar-refractivity contribution in [2.24, 2.45) is 5.92 Å². The molecule has 4 heterocycles. The van der Waals surface area contributed by atoms with Crippen molar-refractivity contribution in [2.45, 2.75) is 19.4 Å². The van der Waals surface area contributed by atoms with Crippen LogP contribution < -0.4 is 4.90 Å². The number of fused-ring (bicyclic) bond motifs is 1. The highest BCUT2D eigenvalue weighted by atomic mass is 32.1. The zero-order valence-electron chi connectivity index (χ0n) is 16.1. The summed E-state index contributed by atoms with van der Waals surface area (Å²) in [5.41, 5.74) is 1.68. The molecule has 30 heavy (non-hydrogen) atoms. The number of esters is 1. The minimum atomic E-state index is -0.145. The molecule has 1 fully saturated rings. The maximum absolute atomic E-state index is 12.5. The lowest BCUT2D eigenvalue weighted by Gasteiger charge is -2.31. The van der Waals surface area contributed by atoms with E-state index in [-0.39, 0.29) is 18.5 Å². The fraction of sp³-hybridized carbons (Fsp3) is 0.300. The maximum atomic E-state index is 12.5. The Morgan fingerprint density at radius 1 is 1.13 bits per heavy atom. The SMILES string of the molecule is O=C(OCc1cnc(-c2ccccc2)s1)C1CCN(c2ccc3nnnn3n2)CC1. The maximum Gasteiger partial charge on any atom is 0.309 e. The van der Waals surface area contributed by atoms with E-state index in [2.05, 4.69) is 30.5 Å². The molecule has 4 aromatic rings. The number of carbonyl (C=O) groups is 1. The summed E-state index contributed by atoms with van der Waals surface area (Å²) in [5, 5.41) is 16.6. The Bertz CT molecular complexity index is 1150. The Morgan fingerprint density at radius 3 is 2.80 bits per heavy atom. The van der Waals surface area contributed by atoms with E-state index in [0.29, 0.717) is 5.65 Å². The number of anilines is 1. The van der Waals surface area contributed by atoms with Crippen molar-refractivity contribution in [1.29, 1.82) is 0 Å². The van der Waals surface area contributed by atoms with Crippen LogP contribution in [0.15, 0.2) is 48.7 Å². The first-order valence-electron chi connectivity index (χ1n) is 9.73. The van der Waals surface area contributed by atoms with Gasteiger partial charge in [0, 0.05) is 24.8 Å². The lowest BCUT2D eigenvalue weighted by atomic mass is 9.97. The Labute approximate surface area is 176 Å². The third-order valence-electron chi connectivity index (χ3n) is 5.14. The van der Waals surface area contributed by atoms with Gasteiger partial charge in [-0.2, -0.15) is 0 Å².